The first-order valence-electron chi connectivity index (χ1n) is 8.50. The second-order valence-corrected chi connectivity index (χ2v) is 6.81. The summed E-state index contributed by atoms with van der Waals surface area (Å²) in [5.74, 6) is -60.4. The highest BCUT2D eigenvalue weighted by Crippen LogP contribution is 2.64. The van der Waals surface area contributed by atoms with Crippen LogP contribution < -0.4 is 0 Å². The van der Waals surface area contributed by atoms with Gasteiger partial charge in [-0.2, -0.15) is 70.2 Å². The summed E-state index contributed by atoms with van der Waals surface area (Å²) in [6, 6.07) is 0. The molecule has 0 unspecified atom stereocenters. The van der Waals surface area contributed by atoms with Crippen LogP contribution in [-0.2, 0) is 0 Å². The van der Waals surface area contributed by atoms with Crippen molar-refractivity contribution in [2.24, 2.45) is 0 Å². The third-order valence-electron chi connectivity index (χ3n) is 4.39. The van der Waals surface area contributed by atoms with Crippen LogP contribution in [0.3, 0.4) is 0 Å². The minimum absolute atomic E-state index is 0.00645. The monoisotopic (exact) mass is 512 g/mol. The van der Waals surface area contributed by atoms with E-state index in [2.05, 4.69) is 6.58 Å². The van der Waals surface area contributed by atoms with Gasteiger partial charge in [-0.3, -0.25) is 0 Å². The Bertz CT molecular complexity index is 648. The van der Waals surface area contributed by atoms with Gasteiger partial charge < -0.3 is 0 Å². The number of allylic oxidation sites excluding steroid dienone is 1. The molecule has 0 amide bonds. The minimum atomic E-state index is -8.36. The molecule has 0 atom stereocenters. The average Bonchev–Trinajstić information content (AvgIpc) is 2.60. The molecule has 0 aromatic heterocycles. The highest BCUT2D eigenvalue weighted by molar-refractivity contribution is 5.16. The van der Waals surface area contributed by atoms with E-state index in [1.165, 1.54) is 6.92 Å². The summed E-state index contributed by atoms with van der Waals surface area (Å²) in [4.78, 5) is 0. The SMILES string of the molecule is C=CCC(F)(F)C(F)(F)C(F)(F)C(F)(F)C(F)(F)C(F)(F)C(F)(F)C(F)(F)CCCCC. The molecule has 0 rings (SSSR count). The molecule has 192 valence electrons. The Morgan fingerprint density at radius 2 is 0.812 bits per heavy atom. The zero-order valence-electron chi connectivity index (χ0n) is 15.9. The molecule has 0 aliphatic heterocycles. The Morgan fingerprint density at radius 1 is 0.500 bits per heavy atom. The van der Waals surface area contributed by atoms with Gasteiger partial charge in [-0.25, -0.2) is 0 Å². The smallest absolute Gasteiger partial charge is 0.200 e. The largest absolute Gasteiger partial charge is 0.384 e. The maximum absolute atomic E-state index is 13.6. The fraction of sp³-hybridized carbons (Fsp3) is 0.875. The van der Waals surface area contributed by atoms with Crippen LogP contribution in [0.2, 0.25) is 0 Å². The first kappa shape index (κ1) is 30.6. The Hall–Kier alpha value is -1.38. The van der Waals surface area contributed by atoms with Gasteiger partial charge in [-0.15, -0.1) is 6.58 Å². The lowest BCUT2D eigenvalue weighted by Crippen LogP contribution is -2.74. The zero-order valence-corrected chi connectivity index (χ0v) is 15.9. The van der Waals surface area contributed by atoms with Crippen LogP contribution in [0.5, 0.6) is 0 Å². The van der Waals surface area contributed by atoms with E-state index in [9.17, 15) is 70.2 Å². The summed E-state index contributed by atoms with van der Waals surface area (Å²) >= 11 is 0. The van der Waals surface area contributed by atoms with Crippen LogP contribution in [-0.4, -0.2) is 47.4 Å². The van der Waals surface area contributed by atoms with E-state index in [0.29, 0.717) is 0 Å². The van der Waals surface area contributed by atoms with Crippen LogP contribution >= 0.6 is 0 Å². The van der Waals surface area contributed by atoms with E-state index in [4.69, 9.17) is 0 Å². The molecule has 0 heterocycles. The Balaban J connectivity index is 6.57. The van der Waals surface area contributed by atoms with E-state index < -0.39 is 66.6 Å². The fourth-order valence-electron chi connectivity index (χ4n) is 2.31. The predicted octanol–water partition coefficient (Wildman–Crippen LogP) is 8.23. The normalized spacial score (nSPS) is 15.8. The summed E-state index contributed by atoms with van der Waals surface area (Å²) in [5.41, 5.74) is 0. The molecule has 0 saturated carbocycles. The average molecular weight is 512 g/mol. The predicted molar refractivity (Wildman–Crippen MR) is 78.5 cm³/mol. The highest BCUT2D eigenvalue weighted by Gasteiger charge is 2.94. The van der Waals surface area contributed by atoms with Gasteiger partial charge in [0.25, 0.3) is 0 Å². The van der Waals surface area contributed by atoms with Crippen molar-refractivity contribution in [3.05, 3.63) is 12.7 Å². The van der Waals surface area contributed by atoms with Crippen LogP contribution in [0, 0.1) is 0 Å². The molecular weight excluding hydrogens is 496 g/mol. The van der Waals surface area contributed by atoms with Crippen LogP contribution in [0.1, 0.15) is 39.0 Å². The molecule has 0 radical (unpaired) electrons. The van der Waals surface area contributed by atoms with Crippen molar-refractivity contribution in [1.29, 1.82) is 0 Å². The summed E-state index contributed by atoms with van der Waals surface area (Å²) < 4.78 is 216. The third kappa shape index (κ3) is 4.26. The molecule has 0 aromatic carbocycles. The molecule has 0 spiro atoms. The van der Waals surface area contributed by atoms with E-state index in [1.54, 1.807) is 0 Å². The molecular formula is C16H16F16. The van der Waals surface area contributed by atoms with E-state index in [1.807, 2.05) is 0 Å². The van der Waals surface area contributed by atoms with Gasteiger partial charge in [0.1, 0.15) is 0 Å². The first-order valence-corrected chi connectivity index (χ1v) is 8.50. The molecule has 32 heavy (non-hydrogen) atoms. The number of hydrogen-bond donors (Lipinski definition) is 0. The van der Waals surface area contributed by atoms with Crippen molar-refractivity contribution >= 4 is 0 Å². The molecule has 16 heteroatoms. The summed E-state index contributed by atoms with van der Waals surface area (Å²) in [6.45, 7) is 3.68. The van der Waals surface area contributed by atoms with Gasteiger partial charge in [0.05, 0.1) is 0 Å². The van der Waals surface area contributed by atoms with Gasteiger partial charge >= 0.3 is 47.4 Å². The van der Waals surface area contributed by atoms with E-state index in [-0.39, 0.29) is 18.9 Å². The minimum Gasteiger partial charge on any atom is -0.200 e. The summed E-state index contributed by atoms with van der Waals surface area (Å²) in [7, 11) is 0. The maximum Gasteiger partial charge on any atom is 0.384 e. The van der Waals surface area contributed by atoms with Crippen molar-refractivity contribution in [3.63, 3.8) is 0 Å². The van der Waals surface area contributed by atoms with Crippen molar-refractivity contribution in [1.82, 2.24) is 0 Å². The molecule has 0 aliphatic rings. The van der Waals surface area contributed by atoms with Crippen molar-refractivity contribution in [3.8, 4) is 0 Å². The van der Waals surface area contributed by atoms with Crippen molar-refractivity contribution in [2.45, 2.75) is 86.4 Å². The third-order valence-corrected chi connectivity index (χ3v) is 4.39. The number of hydrogen-bond acceptors (Lipinski definition) is 0. The van der Waals surface area contributed by atoms with Crippen LogP contribution in [0.25, 0.3) is 0 Å². The molecule has 0 saturated heterocycles. The molecule has 0 N–H and O–H groups in total. The molecule has 0 aromatic rings. The quantitative estimate of drug-likeness (QED) is 0.133. The summed E-state index contributed by atoms with van der Waals surface area (Å²) in [5, 5.41) is 0. The van der Waals surface area contributed by atoms with E-state index >= 15 is 0 Å². The fourth-order valence-corrected chi connectivity index (χ4v) is 2.31. The van der Waals surface area contributed by atoms with Gasteiger partial charge in [-0.05, 0) is 6.42 Å². The van der Waals surface area contributed by atoms with Crippen molar-refractivity contribution < 1.29 is 70.2 Å². The lowest BCUT2D eigenvalue weighted by Gasteiger charge is -2.43. The topological polar surface area (TPSA) is 0 Å². The second kappa shape index (κ2) is 8.76. The lowest BCUT2D eigenvalue weighted by molar-refractivity contribution is -0.453. The Morgan fingerprint density at radius 3 is 1.12 bits per heavy atom. The first-order chi connectivity index (χ1) is 13.9. The van der Waals surface area contributed by atoms with Gasteiger partial charge in [0, 0.05) is 12.8 Å². The lowest BCUT2D eigenvalue weighted by atomic mass is 9.86. The van der Waals surface area contributed by atoms with E-state index in [0.717, 1.165) is 0 Å². The standard InChI is InChI=1S/C16H16F16/c1-3-5-6-8-10(19,20)12(23,24)14(27,28)16(31,32)15(29,30)13(25,26)11(21,22)9(17,18)7-4-2/h4H,2-3,5-8H2,1H3. The molecule has 0 aliphatic carbocycles. The number of alkyl halides is 16. The number of rotatable bonds is 13. The number of unbranched alkanes of at least 4 members (excludes halogenated alkanes) is 2. The molecule has 0 fully saturated rings. The van der Waals surface area contributed by atoms with Crippen LogP contribution in [0.4, 0.5) is 70.2 Å². The summed E-state index contributed by atoms with van der Waals surface area (Å²) in [6.07, 6.45) is -6.48. The van der Waals surface area contributed by atoms with Gasteiger partial charge in [0.15, 0.2) is 0 Å². The number of halogens is 16. The Kier molecular flexibility index (Phi) is 8.38. The maximum atomic E-state index is 13.6. The molecule has 0 bridgehead atoms. The van der Waals surface area contributed by atoms with Gasteiger partial charge in [0.2, 0.25) is 0 Å². The highest BCUT2D eigenvalue weighted by atomic mass is 19.4. The molecule has 0 nitrogen and oxygen atoms in total. The van der Waals surface area contributed by atoms with Crippen LogP contribution in [0.15, 0.2) is 12.7 Å². The zero-order chi connectivity index (χ0) is 26.2. The van der Waals surface area contributed by atoms with Crippen molar-refractivity contribution in [2.75, 3.05) is 0 Å². The second-order valence-electron chi connectivity index (χ2n) is 6.81. The Labute approximate surface area is 170 Å². The van der Waals surface area contributed by atoms with Gasteiger partial charge in [-0.1, -0.05) is 25.8 Å².